The van der Waals surface area contributed by atoms with Crippen LogP contribution in [0.3, 0.4) is 0 Å². The number of pyridine rings is 1. The summed E-state index contributed by atoms with van der Waals surface area (Å²) in [6.45, 7) is 3.60. The maximum atomic E-state index is 15.0. The topological polar surface area (TPSA) is 126 Å². The Kier molecular flexibility index (Phi) is 4.82. The number of Topliss-reactive ketones (excluding diaryl/α,β-unsaturated/α-hetero) is 1. The molecule has 1 aliphatic carbocycles. The summed E-state index contributed by atoms with van der Waals surface area (Å²) < 4.78 is 20.0. The normalized spacial score (nSPS) is 26.7. The number of ketones is 1. The van der Waals surface area contributed by atoms with Crippen LogP contribution in [0.25, 0.3) is 10.9 Å². The van der Waals surface area contributed by atoms with Crippen molar-refractivity contribution >= 4 is 40.1 Å². The molecule has 3 atom stereocenters. The fourth-order valence-corrected chi connectivity index (χ4v) is 4.72. The van der Waals surface area contributed by atoms with Crippen molar-refractivity contribution in [2.45, 2.75) is 44.8 Å². The molecule has 2 aliphatic heterocycles. The summed E-state index contributed by atoms with van der Waals surface area (Å²) in [5.74, 6) is -3.71. The third-order valence-electron chi connectivity index (χ3n) is 6.98. The number of carbonyl (C=O) groups is 3. The summed E-state index contributed by atoms with van der Waals surface area (Å²) in [5, 5.41) is 10.3. The zero-order valence-electron chi connectivity index (χ0n) is 18.4. The van der Waals surface area contributed by atoms with Gasteiger partial charge in [0.05, 0.1) is 29.9 Å². The molecule has 1 saturated carbocycles. The van der Waals surface area contributed by atoms with E-state index in [0.29, 0.717) is 29.0 Å². The number of carboxylic acid groups (broad SMARTS) is 1. The van der Waals surface area contributed by atoms with Crippen molar-refractivity contribution in [3.8, 4) is 0 Å². The minimum Gasteiger partial charge on any atom is -0.480 e. The highest BCUT2D eigenvalue weighted by Gasteiger charge is 2.60. The van der Waals surface area contributed by atoms with E-state index in [2.05, 4.69) is 4.98 Å². The lowest BCUT2D eigenvalue weighted by molar-refractivity contribution is -0.163. The van der Waals surface area contributed by atoms with Gasteiger partial charge in [0.1, 0.15) is 11.6 Å². The predicted molar refractivity (Wildman–Crippen MR) is 118 cm³/mol. The number of benzene rings is 1. The molecule has 0 spiro atoms. The number of ether oxygens (including phenoxy) is 1. The van der Waals surface area contributed by atoms with Gasteiger partial charge >= 0.3 is 11.9 Å². The Labute approximate surface area is 189 Å². The third-order valence-corrected chi connectivity index (χ3v) is 6.98. The van der Waals surface area contributed by atoms with Gasteiger partial charge in [0.15, 0.2) is 5.78 Å². The van der Waals surface area contributed by atoms with Gasteiger partial charge < -0.3 is 25.4 Å². The van der Waals surface area contributed by atoms with Gasteiger partial charge in [-0.15, -0.1) is 0 Å². The number of rotatable bonds is 5. The highest BCUT2D eigenvalue weighted by Crippen LogP contribution is 2.44. The van der Waals surface area contributed by atoms with Crippen LogP contribution in [0.1, 0.15) is 37.0 Å². The first kappa shape index (κ1) is 21.6. The Morgan fingerprint density at radius 1 is 1.30 bits per heavy atom. The molecule has 1 unspecified atom stereocenters. The van der Waals surface area contributed by atoms with Crippen molar-refractivity contribution in [1.82, 2.24) is 4.98 Å². The van der Waals surface area contributed by atoms with Gasteiger partial charge in [-0.2, -0.15) is 0 Å². The molecular weight excluding hydrogens is 431 g/mol. The molecular formula is C23H25FN4O5. The van der Waals surface area contributed by atoms with Crippen LogP contribution in [-0.2, 0) is 14.3 Å². The van der Waals surface area contributed by atoms with Gasteiger partial charge in [0, 0.05) is 30.1 Å². The van der Waals surface area contributed by atoms with E-state index in [9.17, 15) is 23.9 Å². The van der Waals surface area contributed by atoms with Crippen LogP contribution in [-0.4, -0.2) is 65.6 Å². The van der Waals surface area contributed by atoms with Crippen LogP contribution in [0.15, 0.2) is 18.2 Å². The minimum atomic E-state index is -2.39. The molecule has 33 heavy (non-hydrogen) atoms. The minimum absolute atomic E-state index is 0.0115. The average Bonchev–Trinajstić information content (AvgIpc) is 3.62. The number of nitrogens with zero attached hydrogens (tertiary/aromatic N) is 3. The second kappa shape index (κ2) is 7.38. The molecule has 3 aliphatic rings. The lowest BCUT2D eigenvalue weighted by Crippen LogP contribution is -2.63. The molecule has 2 fully saturated rings. The number of aliphatic carboxylic acids is 1. The summed E-state index contributed by atoms with van der Waals surface area (Å²) in [4.78, 5) is 46.7. The fourth-order valence-electron chi connectivity index (χ4n) is 4.72. The van der Waals surface area contributed by atoms with Gasteiger partial charge in [-0.3, -0.25) is 14.4 Å². The molecule has 10 heteroatoms. The summed E-state index contributed by atoms with van der Waals surface area (Å²) in [6.07, 6.45) is 1.59. The maximum absolute atomic E-state index is 15.0. The number of aromatic nitrogens is 1. The molecule has 9 nitrogen and oxygen atoms in total. The average molecular weight is 456 g/mol. The molecule has 1 aromatic carbocycles. The first-order valence-corrected chi connectivity index (χ1v) is 11.1. The number of esters is 1. The van der Waals surface area contributed by atoms with Gasteiger partial charge in [-0.25, -0.2) is 9.37 Å². The van der Waals surface area contributed by atoms with E-state index in [-0.39, 0.29) is 36.8 Å². The summed E-state index contributed by atoms with van der Waals surface area (Å²) in [5.41, 5.74) is 4.43. The van der Waals surface area contributed by atoms with E-state index in [4.69, 9.17) is 10.5 Å². The molecule has 1 aromatic heterocycles. The van der Waals surface area contributed by atoms with Crippen LogP contribution in [0.5, 0.6) is 0 Å². The molecule has 0 bridgehead atoms. The van der Waals surface area contributed by atoms with Crippen molar-refractivity contribution in [2.24, 2.45) is 11.1 Å². The SMILES string of the molecule is CCOC(=O)C1(C(=O)O)CN(C2CC2)c2nc3cc(N4C[C@@H](N)[C@@H]4C)c(F)cc3cc2C1=O. The highest BCUT2D eigenvalue weighted by molar-refractivity contribution is 6.28. The number of carboxylic acids is 1. The Bertz CT molecular complexity index is 1200. The van der Waals surface area contributed by atoms with Crippen molar-refractivity contribution < 1.29 is 28.6 Å². The van der Waals surface area contributed by atoms with Gasteiger partial charge in [0.25, 0.3) is 0 Å². The van der Waals surface area contributed by atoms with Crippen molar-refractivity contribution in [3.63, 3.8) is 0 Å². The lowest BCUT2D eigenvalue weighted by atomic mass is 9.76. The second-order valence-electron chi connectivity index (χ2n) is 9.03. The standard InChI is InChI=1S/C23H25FN4O5/c1-3-33-22(32)23(21(30)31)10-28(13-4-5-13)20-14(19(23)29)6-12-7-15(24)18(8-17(12)26-20)27-9-16(25)11(27)2/h6-8,11,13,16H,3-5,9-10,25H2,1-2H3,(H,30,31)/t11-,16+,23?/m0/s1. The van der Waals surface area contributed by atoms with Crippen molar-refractivity contribution in [3.05, 3.63) is 29.6 Å². The predicted octanol–water partition coefficient (Wildman–Crippen LogP) is 1.71. The number of anilines is 2. The number of halogens is 1. The second-order valence-corrected chi connectivity index (χ2v) is 9.03. The first-order chi connectivity index (χ1) is 15.7. The Balaban J connectivity index is 1.66. The van der Waals surface area contributed by atoms with Crippen LogP contribution in [0.2, 0.25) is 0 Å². The lowest BCUT2D eigenvalue weighted by Gasteiger charge is -2.46. The van der Waals surface area contributed by atoms with E-state index in [1.807, 2.05) is 11.8 Å². The monoisotopic (exact) mass is 456 g/mol. The zero-order chi connectivity index (χ0) is 23.7. The number of fused-ring (bicyclic) bond motifs is 2. The van der Waals surface area contributed by atoms with E-state index in [1.165, 1.54) is 12.1 Å². The molecule has 0 amide bonds. The number of hydrogen-bond donors (Lipinski definition) is 2. The van der Waals surface area contributed by atoms with Gasteiger partial charge in [-0.05, 0) is 44.9 Å². The largest absolute Gasteiger partial charge is 0.480 e. The molecule has 3 N–H and O–H groups in total. The smallest absolute Gasteiger partial charge is 0.333 e. The van der Waals surface area contributed by atoms with E-state index in [0.717, 1.165) is 12.8 Å². The van der Waals surface area contributed by atoms with Crippen molar-refractivity contribution in [1.29, 1.82) is 0 Å². The van der Waals surface area contributed by atoms with Crippen LogP contribution in [0.4, 0.5) is 15.9 Å². The molecule has 174 valence electrons. The Morgan fingerprint density at radius 3 is 2.61 bits per heavy atom. The maximum Gasteiger partial charge on any atom is 0.333 e. The molecule has 0 radical (unpaired) electrons. The van der Waals surface area contributed by atoms with Crippen LogP contribution in [0, 0.1) is 11.2 Å². The summed E-state index contributed by atoms with van der Waals surface area (Å²) in [7, 11) is 0. The summed E-state index contributed by atoms with van der Waals surface area (Å²) in [6, 6.07) is 4.27. The third kappa shape index (κ3) is 3.07. The van der Waals surface area contributed by atoms with Crippen LogP contribution < -0.4 is 15.5 Å². The Hall–Kier alpha value is -3.27. The van der Waals surface area contributed by atoms with Crippen LogP contribution >= 0.6 is 0 Å². The number of hydrogen-bond acceptors (Lipinski definition) is 8. The van der Waals surface area contributed by atoms with Gasteiger partial charge in [-0.1, -0.05) is 0 Å². The molecule has 5 rings (SSSR count). The fraction of sp³-hybridized carbons (Fsp3) is 0.478. The quantitative estimate of drug-likeness (QED) is 0.511. The Morgan fingerprint density at radius 2 is 2.03 bits per heavy atom. The molecule has 2 aromatic rings. The van der Waals surface area contributed by atoms with E-state index >= 15 is 0 Å². The van der Waals surface area contributed by atoms with E-state index in [1.54, 1.807) is 17.9 Å². The highest BCUT2D eigenvalue weighted by atomic mass is 19.1. The number of nitrogens with two attached hydrogens (primary N) is 1. The molecule has 3 heterocycles. The summed E-state index contributed by atoms with van der Waals surface area (Å²) >= 11 is 0. The van der Waals surface area contributed by atoms with E-state index < -0.39 is 29.0 Å². The van der Waals surface area contributed by atoms with Crippen molar-refractivity contribution in [2.75, 3.05) is 29.5 Å². The molecule has 1 saturated heterocycles. The first-order valence-electron chi connectivity index (χ1n) is 11.1. The number of carbonyl (C=O) groups excluding carboxylic acids is 2. The van der Waals surface area contributed by atoms with Gasteiger partial charge in [0.2, 0.25) is 5.41 Å². The zero-order valence-corrected chi connectivity index (χ0v) is 18.4.